The van der Waals surface area contributed by atoms with Crippen LogP contribution < -0.4 is 0 Å². The predicted molar refractivity (Wildman–Crippen MR) is 40.3 cm³/mol. The van der Waals surface area contributed by atoms with Crippen LogP contribution in [0.2, 0.25) is 0 Å². The molecule has 1 aliphatic rings. The lowest BCUT2D eigenvalue weighted by molar-refractivity contribution is -0.228. The van der Waals surface area contributed by atoms with Crippen LogP contribution in [0.1, 0.15) is 6.92 Å². The average Bonchev–Trinajstić information content (AvgIpc) is 2.16. The van der Waals surface area contributed by atoms with Crippen LogP contribution in [0, 0.1) is 0 Å². The summed E-state index contributed by atoms with van der Waals surface area (Å²) < 4.78 is 19.6. The summed E-state index contributed by atoms with van der Waals surface area (Å²) in [6, 6.07) is 0. The SMILES string of the molecule is CCO[C@@]1(O)COC(=O)[C@@]1(F)Br. The second-order valence-electron chi connectivity index (χ2n) is 2.37. The van der Waals surface area contributed by atoms with E-state index in [1.807, 2.05) is 0 Å². The molecular formula is C6H8BrFO4. The number of carbonyl (C=O) groups is 1. The van der Waals surface area contributed by atoms with Crippen LogP contribution in [0.4, 0.5) is 4.39 Å². The van der Waals surface area contributed by atoms with Crippen molar-refractivity contribution in [3.8, 4) is 0 Å². The Bertz CT molecular complexity index is 208. The molecule has 6 heteroatoms. The van der Waals surface area contributed by atoms with Gasteiger partial charge in [-0.15, -0.1) is 0 Å². The van der Waals surface area contributed by atoms with Crippen LogP contribution in [0.3, 0.4) is 0 Å². The molecule has 0 spiro atoms. The number of carbonyl (C=O) groups excluding carboxylic acids is 1. The standard InChI is InChI=1S/C6H8BrFO4/c1-2-12-5(10)3-11-4(9)6(5,7)8/h10H,2-3H2,1H3/t5-,6-/m0/s1. The van der Waals surface area contributed by atoms with Crippen molar-refractivity contribution in [1.82, 2.24) is 0 Å². The van der Waals surface area contributed by atoms with Gasteiger partial charge in [0.15, 0.2) is 6.61 Å². The number of alkyl halides is 2. The Morgan fingerprint density at radius 1 is 1.92 bits per heavy atom. The molecule has 0 aromatic carbocycles. The Hall–Kier alpha value is -0.200. The third-order valence-corrected chi connectivity index (χ3v) is 2.47. The van der Waals surface area contributed by atoms with Crippen LogP contribution >= 0.6 is 15.9 Å². The molecule has 0 aromatic heterocycles. The lowest BCUT2D eigenvalue weighted by Gasteiger charge is -2.25. The van der Waals surface area contributed by atoms with Crippen molar-refractivity contribution in [2.24, 2.45) is 0 Å². The minimum Gasteiger partial charge on any atom is -0.457 e. The number of hydrogen-bond donors (Lipinski definition) is 1. The third-order valence-electron chi connectivity index (χ3n) is 1.53. The number of ether oxygens (including phenoxy) is 2. The molecule has 1 rings (SSSR count). The molecule has 1 N–H and O–H groups in total. The minimum atomic E-state index is -2.66. The van der Waals surface area contributed by atoms with Crippen LogP contribution in [0.15, 0.2) is 0 Å². The molecule has 1 aliphatic heterocycles. The smallest absolute Gasteiger partial charge is 0.361 e. The maximum absolute atomic E-state index is 13.3. The van der Waals surface area contributed by atoms with Gasteiger partial charge in [0.1, 0.15) is 0 Å². The Morgan fingerprint density at radius 3 is 2.83 bits per heavy atom. The van der Waals surface area contributed by atoms with Crippen LogP contribution in [0.5, 0.6) is 0 Å². The lowest BCUT2D eigenvalue weighted by Crippen LogP contribution is -2.49. The van der Waals surface area contributed by atoms with Gasteiger partial charge in [-0.3, -0.25) is 0 Å². The van der Waals surface area contributed by atoms with Gasteiger partial charge in [-0.1, -0.05) is 0 Å². The summed E-state index contributed by atoms with van der Waals surface area (Å²) >= 11 is 2.42. The molecule has 0 saturated carbocycles. The molecule has 0 aromatic rings. The van der Waals surface area contributed by atoms with Crippen LogP contribution in [-0.4, -0.2) is 34.7 Å². The van der Waals surface area contributed by atoms with Gasteiger partial charge in [0.05, 0.1) is 0 Å². The molecule has 0 radical (unpaired) electrons. The van der Waals surface area contributed by atoms with Gasteiger partial charge < -0.3 is 14.6 Å². The quantitative estimate of drug-likeness (QED) is 0.431. The molecule has 1 fully saturated rings. The van der Waals surface area contributed by atoms with Crippen molar-refractivity contribution in [2.75, 3.05) is 13.2 Å². The fourth-order valence-corrected chi connectivity index (χ4v) is 1.22. The molecule has 12 heavy (non-hydrogen) atoms. The van der Waals surface area contributed by atoms with E-state index < -0.39 is 22.9 Å². The topological polar surface area (TPSA) is 55.8 Å². The molecule has 0 aliphatic carbocycles. The summed E-state index contributed by atoms with van der Waals surface area (Å²) in [6.45, 7) is 1.16. The van der Waals surface area contributed by atoms with E-state index in [0.29, 0.717) is 0 Å². The van der Waals surface area contributed by atoms with Crippen molar-refractivity contribution in [3.63, 3.8) is 0 Å². The first-order valence-electron chi connectivity index (χ1n) is 3.35. The summed E-state index contributed by atoms with van der Waals surface area (Å²) in [6.07, 6.45) is 0. The number of halogens is 2. The van der Waals surface area contributed by atoms with Crippen molar-refractivity contribution >= 4 is 21.9 Å². The zero-order valence-electron chi connectivity index (χ0n) is 6.34. The van der Waals surface area contributed by atoms with E-state index in [-0.39, 0.29) is 6.61 Å². The molecule has 1 saturated heterocycles. The van der Waals surface area contributed by atoms with Gasteiger partial charge in [0.2, 0.25) is 0 Å². The van der Waals surface area contributed by atoms with E-state index in [4.69, 9.17) is 0 Å². The normalized spacial score (nSPS) is 41.5. The van der Waals surface area contributed by atoms with Gasteiger partial charge in [-0.2, -0.15) is 0 Å². The number of hydrogen-bond acceptors (Lipinski definition) is 4. The number of esters is 1. The monoisotopic (exact) mass is 242 g/mol. The number of cyclic esters (lactones) is 1. The van der Waals surface area contributed by atoms with Crippen molar-refractivity contribution in [2.45, 2.75) is 17.3 Å². The van der Waals surface area contributed by atoms with Crippen molar-refractivity contribution in [3.05, 3.63) is 0 Å². The zero-order chi connectivity index (χ0) is 9.41. The second kappa shape index (κ2) is 2.93. The largest absolute Gasteiger partial charge is 0.457 e. The highest BCUT2D eigenvalue weighted by molar-refractivity contribution is 9.10. The van der Waals surface area contributed by atoms with E-state index in [1.54, 1.807) is 6.92 Å². The van der Waals surface area contributed by atoms with E-state index in [2.05, 4.69) is 25.4 Å². The Kier molecular flexibility index (Phi) is 2.42. The highest BCUT2D eigenvalue weighted by atomic mass is 79.9. The van der Waals surface area contributed by atoms with Gasteiger partial charge >= 0.3 is 10.5 Å². The summed E-state index contributed by atoms with van der Waals surface area (Å²) in [5.41, 5.74) is 0. The molecule has 4 nitrogen and oxygen atoms in total. The van der Waals surface area contributed by atoms with E-state index in [9.17, 15) is 14.3 Å². The van der Waals surface area contributed by atoms with Gasteiger partial charge in [-0.05, 0) is 22.9 Å². The predicted octanol–water partition coefficient (Wildman–Crippen LogP) is 0.329. The van der Waals surface area contributed by atoms with E-state index in [1.165, 1.54) is 0 Å². The Morgan fingerprint density at radius 2 is 2.50 bits per heavy atom. The second-order valence-corrected chi connectivity index (χ2v) is 3.46. The molecule has 0 bridgehead atoms. The van der Waals surface area contributed by atoms with E-state index >= 15 is 0 Å². The first kappa shape index (κ1) is 9.88. The van der Waals surface area contributed by atoms with Crippen LogP contribution in [-0.2, 0) is 14.3 Å². The van der Waals surface area contributed by atoms with Crippen molar-refractivity contribution in [1.29, 1.82) is 0 Å². The molecule has 1 heterocycles. The van der Waals surface area contributed by atoms with E-state index in [0.717, 1.165) is 0 Å². The third kappa shape index (κ3) is 1.23. The Balaban J connectivity index is 2.85. The summed E-state index contributed by atoms with van der Waals surface area (Å²) in [7, 11) is 0. The number of aliphatic hydroxyl groups is 1. The maximum Gasteiger partial charge on any atom is 0.361 e. The summed E-state index contributed by atoms with van der Waals surface area (Å²) in [5, 5.41) is 9.40. The summed E-state index contributed by atoms with van der Waals surface area (Å²) in [5.74, 6) is -3.38. The molecule has 0 unspecified atom stereocenters. The number of rotatable bonds is 2. The van der Waals surface area contributed by atoms with Gasteiger partial charge in [-0.25, -0.2) is 9.18 Å². The van der Waals surface area contributed by atoms with Crippen molar-refractivity contribution < 1.29 is 23.8 Å². The summed E-state index contributed by atoms with van der Waals surface area (Å²) in [4.78, 5) is 10.7. The minimum absolute atomic E-state index is 0.0877. The average molecular weight is 243 g/mol. The van der Waals surface area contributed by atoms with Crippen LogP contribution in [0.25, 0.3) is 0 Å². The molecular weight excluding hydrogens is 235 g/mol. The highest BCUT2D eigenvalue weighted by Crippen LogP contribution is 2.40. The fourth-order valence-electron chi connectivity index (χ4n) is 0.875. The van der Waals surface area contributed by atoms with Gasteiger partial charge in [0.25, 0.3) is 5.79 Å². The first-order chi connectivity index (χ1) is 5.44. The Labute approximate surface area is 76.8 Å². The highest BCUT2D eigenvalue weighted by Gasteiger charge is 2.64. The molecule has 0 amide bonds. The fraction of sp³-hybridized carbons (Fsp3) is 0.833. The zero-order valence-corrected chi connectivity index (χ0v) is 7.93. The molecule has 2 atom stereocenters. The maximum atomic E-state index is 13.3. The van der Waals surface area contributed by atoms with Gasteiger partial charge in [0, 0.05) is 6.61 Å². The first-order valence-corrected chi connectivity index (χ1v) is 4.14. The molecule has 70 valence electrons. The lowest BCUT2D eigenvalue weighted by atomic mass is 10.2.